The van der Waals surface area contributed by atoms with Gasteiger partial charge in [-0.05, 0) is 240 Å². The molecule has 4 nitrogen and oxygen atoms in total. The normalized spacial score (nSPS) is 14.5. The molecule has 0 spiro atoms. The largest absolute Gasteiger partial charge is 0.456 e. The van der Waals surface area contributed by atoms with Crippen molar-refractivity contribution in [1.82, 2.24) is 0 Å². The van der Waals surface area contributed by atoms with Gasteiger partial charge < -0.3 is 17.7 Å². The third kappa shape index (κ3) is 8.54. The van der Waals surface area contributed by atoms with Gasteiger partial charge in [-0.3, -0.25) is 0 Å². The van der Waals surface area contributed by atoms with E-state index in [1.165, 1.54) is 81.9 Å². The summed E-state index contributed by atoms with van der Waals surface area (Å²) in [5.74, 6) is -0.458. The average Bonchev–Trinajstić information content (AvgIpc) is 1.53. The second-order valence-electron chi connectivity index (χ2n) is 31.1. The molecule has 22 aromatic rings. The number of hydrogen-bond donors (Lipinski definition) is 0. The van der Waals surface area contributed by atoms with Crippen LogP contribution in [0.5, 0.6) is 0 Å². The topological polar surface area (TPSA) is 52.6 Å². The van der Waals surface area contributed by atoms with E-state index < -0.39 is 5.41 Å². The van der Waals surface area contributed by atoms with Crippen LogP contribution in [0.15, 0.2) is 351 Å². The Kier molecular flexibility index (Phi) is 12.4. The Morgan fingerprint density at radius 2 is 0.606 bits per heavy atom. The van der Waals surface area contributed by atoms with E-state index in [9.17, 15) is 0 Å². The first-order valence-electron chi connectivity index (χ1n) is 38.1. The summed E-state index contributed by atoms with van der Waals surface area (Å²) >= 11 is 0. The number of rotatable bonds is 9. The highest BCUT2D eigenvalue weighted by atomic mass is 16.3. The third-order valence-electron chi connectivity index (χ3n) is 25.6. The Morgan fingerprint density at radius 1 is 0.294 bits per heavy atom. The molecule has 0 radical (unpaired) electrons. The van der Waals surface area contributed by atoms with Crippen molar-refractivity contribution in [3.05, 3.63) is 355 Å². The van der Waals surface area contributed by atoms with Crippen molar-refractivity contribution in [1.29, 1.82) is 0 Å². The molecule has 0 saturated heterocycles. The lowest BCUT2D eigenvalue weighted by Gasteiger charge is -2.42. The number of furan rings is 4. The lowest BCUT2D eigenvalue weighted by Crippen LogP contribution is -2.34. The zero-order chi connectivity index (χ0) is 71.8. The molecule has 0 amide bonds. The van der Waals surface area contributed by atoms with Crippen molar-refractivity contribution < 1.29 is 17.7 Å². The van der Waals surface area contributed by atoms with Crippen LogP contribution in [0, 0.1) is 11.8 Å². The summed E-state index contributed by atoms with van der Waals surface area (Å²) < 4.78 is 29.3. The van der Waals surface area contributed by atoms with Gasteiger partial charge in [-0.2, -0.15) is 0 Å². The summed E-state index contributed by atoms with van der Waals surface area (Å²) in [6, 6.07) is 112. The van der Waals surface area contributed by atoms with Gasteiger partial charge >= 0.3 is 0 Å². The van der Waals surface area contributed by atoms with Crippen molar-refractivity contribution in [2.75, 3.05) is 0 Å². The van der Waals surface area contributed by atoms with Crippen molar-refractivity contribution in [2.24, 2.45) is 11.8 Å². The average molecular weight is 1390 g/mol. The van der Waals surface area contributed by atoms with Crippen LogP contribution in [0.2, 0.25) is 0 Å². The van der Waals surface area contributed by atoms with Crippen molar-refractivity contribution >= 4 is 180 Å². The van der Waals surface area contributed by atoms with E-state index in [1.54, 1.807) is 0 Å². The fourth-order valence-electron chi connectivity index (χ4n) is 19.9. The minimum absolute atomic E-state index is 0.0883. The van der Waals surface area contributed by atoms with E-state index in [4.69, 9.17) is 24.2 Å². The molecular formula is C105H66O4. The molecule has 0 unspecified atom stereocenters. The van der Waals surface area contributed by atoms with E-state index in [0.29, 0.717) is 0 Å². The molecule has 0 N–H and O–H groups in total. The van der Waals surface area contributed by atoms with Gasteiger partial charge in [0.1, 0.15) is 44.7 Å². The van der Waals surface area contributed by atoms with Gasteiger partial charge in [0.25, 0.3) is 0 Å². The molecule has 0 fully saturated rings. The van der Waals surface area contributed by atoms with Gasteiger partial charge in [0.2, 0.25) is 0 Å². The molecule has 2 aliphatic rings. The highest BCUT2D eigenvalue weighted by molar-refractivity contribution is 6.28. The first-order chi connectivity index (χ1) is 53.6. The van der Waals surface area contributed by atoms with Crippen LogP contribution in [0.25, 0.3) is 213 Å². The van der Waals surface area contributed by atoms with E-state index in [1.807, 2.05) is 0 Å². The fraction of sp³-hybridized carbons (Fsp3) is 0.0667. The second-order valence-corrected chi connectivity index (χ2v) is 31.1. The zero-order valence-corrected chi connectivity index (χ0v) is 60.1. The van der Waals surface area contributed by atoms with Crippen LogP contribution in [-0.2, 0) is 5.41 Å². The van der Waals surface area contributed by atoms with E-state index in [-0.39, 0.29) is 17.8 Å². The molecule has 18 aromatic carbocycles. The summed E-state index contributed by atoms with van der Waals surface area (Å²) in [5.41, 5.74) is 20.9. The fourth-order valence-corrected chi connectivity index (χ4v) is 19.9. The molecule has 4 aromatic heterocycles. The third-order valence-corrected chi connectivity index (χ3v) is 25.6. The number of allylic oxidation sites excluding steroid dienone is 5. The van der Waals surface area contributed by atoms with Crippen LogP contribution in [0.3, 0.4) is 0 Å². The quantitative estimate of drug-likeness (QED) is 0.135. The number of benzene rings is 18. The van der Waals surface area contributed by atoms with E-state index in [2.05, 4.69) is 336 Å². The molecule has 0 bridgehead atoms. The molecule has 2 aliphatic carbocycles. The van der Waals surface area contributed by atoms with Crippen LogP contribution in [0.4, 0.5) is 0 Å². The maximum absolute atomic E-state index is 7.39. The van der Waals surface area contributed by atoms with Crippen LogP contribution in [0.1, 0.15) is 48.9 Å². The Morgan fingerprint density at radius 3 is 0.972 bits per heavy atom. The highest BCUT2D eigenvalue weighted by Crippen LogP contribution is 2.61. The van der Waals surface area contributed by atoms with Gasteiger partial charge in [-0.15, -0.1) is 0 Å². The van der Waals surface area contributed by atoms with E-state index >= 15 is 0 Å². The monoisotopic (exact) mass is 1390 g/mol. The maximum Gasteiger partial charge on any atom is 0.143 e. The van der Waals surface area contributed by atoms with E-state index in [0.717, 1.165) is 164 Å². The Labute approximate surface area is 625 Å². The maximum atomic E-state index is 7.39. The lowest BCUT2D eigenvalue weighted by molar-refractivity contribution is 0.376. The summed E-state index contributed by atoms with van der Waals surface area (Å²) in [7, 11) is 0. The lowest BCUT2D eigenvalue weighted by atomic mass is 9.60. The number of fused-ring (bicyclic) bond motifs is 27. The molecule has 4 heterocycles. The van der Waals surface area contributed by atoms with Crippen molar-refractivity contribution in [3.63, 3.8) is 0 Å². The Bertz CT molecular complexity index is 7710. The smallest absolute Gasteiger partial charge is 0.143 e. The SMILES string of the molecule is C=C([C@@H](C1=CC=C1c1cc2ccccc2c2c1oc1cc3ccccc3cc12)[C@@H](C)[C@H](C)c1cc2ccccc2c2c1oc1cc3ccccc3cc12)C1(C)c2cc(-c3cc4ccccc4c4c3oc3cc5ccccc5cc34)ccc2-c2ccc(-c3cc4ccccc4c4c3oc3cc5ccccc5cc34)cc21. The van der Waals surface area contributed by atoms with Crippen molar-refractivity contribution in [3.8, 4) is 33.4 Å². The molecule has 0 saturated carbocycles. The Hall–Kier alpha value is -13.5. The molecule has 3 atom stereocenters. The molecular weight excluding hydrogens is 1330 g/mol. The first kappa shape index (κ1) is 60.7. The van der Waals surface area contributed by atoms with Crippen LogP contribution >= 0.6 is 0 Å². The predicted molar refractivity (Wildman–Crippen MR) is 458 cm³/mol. The van der Waals surface area contributed by atoms with Gasteiger partial charge in [0, 0.05) is 71.1 Å². The molecule has 0 aliphatic heterocycles. The standard InChI is InChI=1S/C105H66O4/c1-57(82-47-68-29-13-17-33-74(68)97-86-43-60-21-5-9-25-64(60)53-92(86)106-101(82)97)58(2)96(81-42-41-78(81)85-50-71-32-16-20-36-77(71)100-89-46-63-24-8-12-28-67(63)56-95(89)109-104(85)100)59(3)105(4)90-51-72(83-48-69-30-14-18-34-75(69)98-87-44-61-22-6-10-26-65(61)54-93(87)107-102(83)98)37-39-79(90)80-40-38-73(52-91(80)105)84-49-70-31-15-19-35-76(70)99-88-45-62-23-7-11-27-66(62)55-94(88)108-103(84)99/h5-58,96H,3H2,1-2,4H3/t57-,58-,96-/m0/s1. The van der Waals surface area contributed by atoms with Crippen molar-refractivity contribution in [2.45, 2.75) is 32.1 Å². The molecule has 109 heavy (non-hydrogen) atoms. The minimum atomic E-state index is -0.851. The summed E-state index contributed by atoms with van der Waals surface area (Å²) in [5, 5.41) is 27.6. The summed E-state index contributed by atoms with van der Waals surface area (Å²) in [6.45, 7) is 13.2. The van der Waals surface area contributed by atoms with Crippen LogP contribution < -0.4 is 0 Å². The summed E-state index contributed by atoms with van der Waals surface area (Å²) in [6.07, 6.45) is 4.74. The Balaban J connectivity index is 0.759. The summed E-state index contributed by atoms with van der Waals surface area (Å²) in [4.78, 5) is 0. The zero-order valence-electron chi connectivity index (χ0n) is 60.1. The molecule has 24 rings (SSSR count). The predicted octanol–water partition coefficient (Wildman–Crippen LogP) is 29.8. The first-order valence-corrected chi connectivity index (χ1v) is 38.1. The molecule has 4 heteroatoms. The van der Waals surface area contributed by atoms with Gasteiger partial charge in [-0.25, -0.2) is 0 Å². The molecule has 510 valence electrons. The number of hydrogen-bond acceptors (Lipinski definition) is 4. The second kappa shape index (κ2) is 22.3. The van der Waals surface area contributed by atoms with Crippen LogP contribution in [-0.4, -0.2) is 0 Å². The minimum Gasteiger partial charge on any atom is -0.456 e. The highest BCUT2D eigenvalue weighted by Gasteiger charge is 2.48. The van der Waals surface area contributed by atoms with Gasteiger partial charge in [0.05, 0.1) is 0 Å². The van der Waals surface area contributed by atoms with Gasteiger partial charge in [0.15, 0.2) is 0 Å². The van der Waals surface area contributed by atoms with Gasteiger partial charge in [-0.1, -0.05) is 257 Å².